The fourth-order valence-electron chi connectivity index (χ4n) is 4.01. The van der Waals surface area contributed by atoms with Crippen LogP contribution in [0.5, 0.6) is 5.75 Å². The zero-order valence-corrected chi connectivity index (χ0v) is 19.4. The van der Waals surface area contributed by atoms with Gasteiger partial charge in [0.25, 0.3) is 5.56 Å². The average Bonchev–Trinajstić information content (AvgIpc) is 3.25. The van der Waals surface area contributed by atoms with Crippen LogP contribution in [0.3, 0.4) is 0 Å². The summed E-state index contributed by atoms with van der Waals surface area (Å²) in [6, 6.07) is 14.6. The van der Waals surface area contributed by atoms with Crippen molar-refractivity contribution in [2.24, 2.45) is 0 Å². The quantitative estimate of drug-likeness (QED) is 0.442. The smallest absolute Gasteiger partial charge is 0.282 e. The Kier molecular flexibility index (Phi) is 5.38. The van der Waals surface area contributed by atoms with Crippen molar-refractivity contribution in [3.05, 3.63) is 76.4 Å². The van der Waals surface area contributed by atoms with Gasteiger partial charge in [0.1, 0.15) is 17.6 Å². The molecular formula is C23H21ClN4O4S. The molecule has 1 aliphatic heterocycles. The Morgan fingerprint density at radius 3 is 2.42 bits per heavy atom. The summed E-state index contributed by atoms with van der Waals surface area (Å²) in [5, 5.41) is 5.05. The highest BCUT2D eigenvalue weighted by atomic mass is 35.5. The first-order valence-corrected chi connectivity index (χ1v) is 12.5. The summed E-state index contributed by atoms with van der Waals surface area (Å²) < 4.78 is 32.1. The minimum absolute atomic E-state index is 0.113. The molecule has 10 heteroatoms. The molecule has 2 aromatic heterocycles. The second-order valence-electron chi connectivity index (χ2n) is 7.87. The van der Waals surface area contributed by atoms with Gasteiger partial charge in [-0.1, -0.05) is 23.7 Å². The predicted molar refractivity (Wildman–Crippen MR) is 129 cm³/mol. The normalized spacial score (nSPS) is 15.6. The number of hydrogen-bond acceptors (Lipinski definition) is 6. The maximum atomic E-state index is 13.2. The Morgan fingerprint density at radius 2 is 1.73 bits per heavy atom. The van der Waals surface area contributed by atoms with Crippen LogP contribution >= 0.6 is 11.6 Å². The van der Waals surface area contributed by atoms with Gasteiger partial charge in [-0.15, -0.1) is 0 Å². The molecule has 170 valence electrons. The van der Waals surface area contributed by atoms with E-state index in [2.05, 4.69) is 5.10 Å². The molecule has 1 fully saturated rings. The number of aromatic nitrogens is 3. The number of anilines is 1. The fraction of sp³-hybridized carbons (Fsp3) is 0.217. The highest BCUT2D eigenvalue weighted by Gasteiger charge is 2.24. The van der Waals surface area contributed by atoms with E-state index in [4.69, 9.17) is 16.3 Å². The topological polar surface area (TPSA) is 85.9 Å². The standard InChI is InChI=1S/C23H21ClN4O4S/c1-32-22-13-19(6-7-20(22)26-8-10-33(30,31)11-9-26)27-15-25-28-14-17(12-21(28)23(27)29)16-2-4-18(24)5-3-16/h2-7,12-15H,8-11H2,1H3. The van der Waals surface area contributed by atoms with Crippen molar-refractivity contribution >= 4 is 32.6 Å². The van der Waals surface area contributed by atoms with Crippen molar-refractivity contribution in [1.29, 1.82) is 0 Å². The van der Waals surface area contributed by atoms with E-state index in [1.807, 2.05) is 29.2 Å². The lowest BCUT2D eigenvalue weighted by Gasteiger charge is -2.30. The van der Waals surface area contributed by atoms with Crippen molar-refractivity contribution in [3.8, 4) is 22.6 Å². The minimum atomic E-state index is -2.99. The molecule has 0 amide bonds. The second-order valence-corrected chi connectivity index (χ2v) is 10.6. The Balaban J connectivity index is 1.51. The molecule has 0 N–H and O–H groups in total. The lowest BCUT2D eigenvalue weighted by molar-refractivity contribution is 0.414. The third-order valence-corrected chi connectivity index (χ3v) is 7.70. The monoisotopic (exact) mass is 484 g/mol. The molecule has 0 atom stereocenters. The van der Waals surface area contributed by atoms with E-state index in [9.17, 15) is 13.2 Å². The SMILES string of the molecule is COc1cc(-n2cnn3cc(-c4ccc(Cl)cc4)cc3c2=O)ccc1N1CCS(=O)(=O)CC1. The van der Waals surface area contributed by atoms with Crippen molar-refractivity contribution in [2.75, 3.05) is 36.6 Å². The van der Waals surface area contributed by atoms with E-state index in [0.717, 1.165) is 16.8 Å². The highest BCUT2D eigenvalue weighted by Crippen LogP contribution is 2.31. The van der Waals surface area contributed by atoms with Gasteiger partial charge in [-0.2, -0.15) is 5.10 Å². The number of benzene rings is 2. The largest absolute Gasteiger partial charge is 0.495 e. The van der Waals surface area contributed by atoms with Gasteiger partial charge in [0, 0.05) is 35.9 Å². The number of fused-ring (bicyclic) bond motifs is 1. The Morgan fingerprint density at radius 1 is 1.00 bits per heavy atom. The fourth-order valence-corrected chi connectivity index (χ4v) is 5.33. The van der Waals surface area contributed by atoms with Crippen molar-refractivity contribution in [2.45, 2.75) is 0 Å². The van der Waals surface area contributed by atoms with Gasteiger partial charge in [-0.25, -0.2) is 12.9 Å². The maximum absolute atomic E-state index is 13.2. The summed E-state index contributed by atoms with van der Waals surface area (Å²) in [4.78, 5) is 15.2. The second kappa shape index (κ2) is 8.24. The molecule has 0 bridgehead atoms. The number of rotatable bonds is 4. The summed E-state index contributed by atoms with van der Waals surface area (Å²) in [6.07, 6.45) is 3.28. The van der Waals surface area contributed by atoms with Crippen LogP contribution in [0.4, 0.5) is 5.69 Å². The number of nitrogens with zero attached hydrogens (tertiary/aromatic N) is 4. The summed E-state index contributed by atoms with van der Waals surface area (Å²) in [7, 11) is -1.43. The van der Waals surface area contributed by atoms with Crippen molar-refractivity contribution < 1.29 is 13.2 Å². The molecule has 33 heavy (non-hydrogen) atoms. The van der Waals surface area contributed by atoms with Gasteiger partial charge in [0.05, 0.1) is 30.0 Å². The lowest BCUT2D eigenvalue weighted by atomic mass is 10.1. The molecule has 2 aromatic carbocycles. The van der Waals surface area contributed by atoms with E-state index in [1.165, 1.54) is 10.9 Å². The number of sulfone groups is 1. The molecule has 4 aromatic rings. The molecule has 5 rings (SSSR count). The first-order chi connectivity index (χ1) is 15.8. The predicted octanol–water partition coefficient (Wildman–Crippen LogP) is 3.05. The number of methoxy groups -OCH3 is 1. The molecule has 3 heterocycles. The zero-order chi connectivity index (χ0) is 23.2. The van der Waals surface area contributed by atoms with E-state index in [0.29, 0.717) is 35.1 Å². The van der Waals surface area contributed by atoms with Crippen LogP contribution in [-0.2, 0) is 9.84 Å². The molecule has 1 aliphatic rings. The van der Waals surface area contributed by atoms with Crippen molar-refractivity contribution in [3.63, 3.8) is 0 Å². The Labute approximate surface area is 195 Å². The molecule has 0 saturated carbocycles. The van der Waals surface area contributed by atoms with Crippen LogP contribution in [0.15, 0.2) is 65.8 Å². The van der Waals surface area contributed by atoms with Crippen molar-refractivity contribution in [1.82, 2.24) is 14.2 Å². The summed E-state index contributed by atoms with van der Waals surface area (Å²) >= 11 is 5.98. The van der Waals surface area contributed by atoms with Gasteiger partial charge in [0.15, 0.2) is 9.84 Å². The lowest BCUT2D eigenvalue weighted by Crippen LogP contribution is -2.40. The zero-order valence-electron chi connectivity index (χ0n) is 17.8. The molecule has 0 aliphatic carbocycles. The van der Waals surface area contributed by atoms with Gasteiger partial charge >= 0.3 is 0 Å². The van der Waals surface area contributed by atoms with E-state index in [-0.39, 0.29) is 17.1 Å². The third-order valence-electron chi connectivity index (χ3n) is 5.83. The summed E-state index contributed by atoms with van der Waals surface area (Å²) in [6.45, 7) is 0.812. The first kappa shape index (κ1) is 21.5. The Hall–Kier alpha value is -3.30. The van der Waals surface area contributed by atoms with Crippen LogP contribution in [0.1, 0.15) is 0 Å². The Bertz CT molecular complexity index is 1500. The molecule has 1 saturated heterocycles. The molecule has 0 spiro atoms. The molecule has 0 unspecified atom stereocenters. The van der Waals surface area contributed by atoms with Gasteiger partial charge in [-0.05, 0) is 35.9 Å². The number of halogens is 1. The van der Waals surface area contributed by atoms with Crippen LogP contribution < -0.4 is 15.2 Å². The first-order valence-electron chi connectivity index (χ1n) is 10.3. The van der Waals surface area contributed by atoms with Gasteiger partial charge in [-0.3, -0.25) is 9.36 Å². The average molecular weight is 485 g/mol. The summed E-state index contributed by atoms with van der Waals surface area (Å²) in [5.74, 6) is 0.792. The number of hydrogen-bond donors (Lipinski definition) is 0. The minimum Gasteiger partial charge on any atom is -0.495 e. The van der Waals surface area contributed by atoms with E-state index >= 15 is 0 Å². The van der Waals surface area contributed by atoms with Gasteiger partial charge in [0.2, 0.25) is 0 Å². The summed E-state index contributed by atoms with van der Waals surface area (Å²) in [5.41, 5.74) is 3.42. The molecule has 0 radical (unpaired) electrons. The number of ether oxygens (including phenoxy) is 1. The van der Waals surface area contributed by atoms with Crippen LogP contribution in [0.25, 0.3) is 22.3 Å². The van der Waals surface area contributed by atoms with E-state index < -0.39 is 9.84 Å². The third kappa shape index (κ3) is 4.09. The van der Waals surface area contributed by atoms with Crippen LogP contribution in [0, 0.1) is 0 Å². The highest BCUT2D eigenvalue weighted by molar-refractivity contribution is 7.91. The van der Waals surface area contributed by atoms with Crippen LogP contribution in [-0.4, -0.2) is 54.3 Å². The van der Waals surface area contributed by atoms with E-state index in [1.54, 1.807) is 42.1 Å². The van der Waals surface area contributed by atoms with Crippen LogP contribution in [0.2, 0.25) is 5.02 Å². The van der Waals surface area contributed by atoms with Gasteiger partial charge < -0.3 is 9.64 Å². The maximum Gasteiger partial charge on any atom is 0.282 e. The molecule has 8 nitrogen and oxygen atoms in total. The molecular weight excluding hydrogens is 464 g/mol.